The SMILES string of the molecule is CC(C)NS(=O)(=O)Cc1ccccc1CN=C(N)N1CCSCC1. The molecule has 0 amide bonds. The van der Waals surface area contributed by atoms with Gasteiger partial charge in [0.1, 0.15) is 0 Å². The molecule has 1 aliphatic heterocycles. The number of thioether (sulfide) groups is 1. The summed E-state index contributed by atoms with van der Waals surface area (Å²) in [6.07, 6.45) is 0. The van der Waals surface area contributed by atoms with Crippen LogP contribution in [0.5, 0.6) is 0 Å². The molecule has 0 spiro atoms. The van der Waals surface area contributed by atoms with Crippen LogP contribution in [-0.2, 0) is 22.3 Å². The third-order valence-electron chi connectivity index (χ3n) is 3.63. The number of guanidine groups is 1. The van der Waals surface area contributed by atoms with Gasteiger partial charge in [-0.1, -0.05) is 24.3 Å². The van der Waals surface area contributed by atoms with Crippen molar-refractivity contribution >= 4 is 27.7 Å². The van der Waals surface area contributed by atoms with E-state index in [1.54, 1.807) is 0 Å². The van der Waals surface area contributed by atoms with Crippen molar-refractivity contribution in [3.8, 4) is 0 Å². The van der Waals surface area contributed by atoms with Gasteiger partial charge in [-0.2, -0.15) is 11.8 Å². The van der Waals surface area contributed by atoms with E-state index in [1.165, 1.54) is 0 Å². The Morgan fingerprint density at radius 2 is 1.92 bits per heavy atom. The number of nitrogens with one attached hydrogen (secondary N) is 1. The van der Waals surface area contributed by atoms with Gasteiger partial charge < -0.3 is 10.6 Å². The molecule has 0 unspecified atom stereocenters. The fourth-order valence-electron chi connectivity index (χ4n) is 2.52. The highest BCUT2D eigenvalue weighted by Crippen LogP contribution is 2.14. The summed E-state index contributed by atoms with van der Waals surface area (Å²) in [7, 11) is -3.36. The highest BCUT2D eigenvalue weighted by atomic mass is 32.2. The zero-order valence-corrected chi connectivity index (χ0v) is 15.9. The van der Waals surface area contributed by atoms with Crippen LogP contribution in [0, 0.1) is 0 Å². The molecule has 1 fully saturated rings. The first-order valence-corrected chi connectivity index (χ1v) is 10.9. The van der Waals surface area contributed by atoms with Crippen LogP contribution in [0.3, 0.4) is 0 Å². The average Bonchev–Trinajstić information content (AvgIpc) is 2.53. The molecular formula is C16H26N4O2S2. The molecule has 1 aromatic carbocycles. The summed E-state index contributed by atoms with van der Waals surface area (Å²) >= 11 is 1.92. The van der Waals surface area contributed by atoms with Crippen LogP contribution < -0.4 is 10.5 Å². The summed E-state index contributed by atoms with van der Waals surface area (Å²) in [4.78, 5) is 6.55. The average molecular weight is 371 g/mol. The van der Waals surface area contributed by atoms with Crippen molar-refractivity contribution in [3.05, 3.63) is 35.4 Å². The molecule has 24 heavy (non-hydrogen) atoms. The fourth-order valence-corrected chi connectivity index (χ4v) is 4.91. The fraction of sp³-hybridized carbons (Fsp3) is 0.562. The molecule has 2 rings (SSSR count). The summed E-state index contributed by atoms with van der Waals surface area (Å²) < 4.78 is 26.9. The smallest absolute Gasteiger partial charge is 0.216 e. The number of rotatable bonds is 6. The maximum atomic E-state index is 12.2. The summed E-state index contributed by atoms with van der Waals surface area (Å²) in [6, 6.07) is 7.36. The minimum absolute atomic E-state index is 0.0445. The Morgan fingerprint density at radius 3 is 2.54 bits per heavy atom. The molecule has 8 heteroatoms. The van der Waals surface area contributed by atoms with Crippen molar-refractivity contribution in [2.24, 2.45) is 10.7 Å². The molecule has 1 saturated heterocycles. The summed E-state index contributed by atoms with van der Waals surface area (Å²) in [5.41, 5.74) is 7.73. The van der Waals surface area contributed by atoms with Crippen LogP contribution in [-0.4, -0.2) is 49.9 Å². The Hall–Kier alpha value is -1.25. The van der Waals surface area contributed by atoms with E-state index in [9.17, 15) is 8.42 Å². The van der Waals surface area contributed by atoms with E-state index in [4.69, 9.17) is 5.73 Å². The second kappa shape index (κ2) is 8.73. The predicted molar refractivity (Wildman–Crippen MR) is 102 cm³/mol. The number of aliphatic imine (C=N–C) groups is 1. The van der Waals surface area contributed by atoms with E-state index in [0.717, 1.165) is 35.7 Å². The normalized spacial score (nSPS) is 16.6. The van der Waals surface area contributed by atoms with E-state index in [-0.39, 0.29) is 11.8 Å². The van der Waals surface area contributed by atoms with Gasteiger partial charge in [0.25, 0.3) is 0 Å². The molecular weight excluding hydrogens is 344 g/mol. The predicted octanol–water partition coefficient (Wildman–Crippen LogP) is 1.38. The number of nitrogens with two attached hydrogens (primary N) is 1. The van der Waals surface area contributed by atoms with E-state index in [0.29, 0.717) is 12.5 Å². The molecule has 0 aromatic heterocycles. The van der Waals surface area contributed by atoms with Crippen LogP contribution in [0.1, 0.15) is 25.0 Å². The van der Waals surface area contributed by atoms with Crippen molar-refractivity contribution in [3.63, 3.8) is 0 Å². The monoisotopic (exact) mass is 370 g/mol. The molecule has 1 aromatic rings. The maximum Gasteiger partial charge on any atom is 0.216 e. The van der Waals surface area contributed by atoms with Crippen molar-refractivity contribution < 1.29 is 8.42 Å². The third kappa shape index (κ3) is 5.99. The Kier molecular flexibility index (Phi) is 6.94. The van der Waals surface area contributed by atoms with Gasteiger partial charge in [0.05, 0.1) is 12.3 Å². The Bertz CT molecular complexity index is 668. The highest BCUT2D eigenvalue weighted by Gasteiger charge is 2.16. The quantitative estimate of drug-likeness (QED) is 0.583. The molecule has 6 nitrogen and oxygen atoms in total. The maximum absolute atomic E-state index is 12.2. The number of benzene rings is 1. The molecule has 0 radical (unpaired) electrons. The van der Waals surface area contributed by atoms with Gasteiger partial charge in [-0.05, 0) is 25.0 Å². The Morgan fingerprint density at radius 1 is 1.29 bits per heavy atom. The second-order valence-electron chi connectivity index (χ2n) is 6.07. The van der Waals surface area contributed by atoms with Crippen LogP contribution in [0.2, 0.25) is 0 Å². The van der Waals surface area contributed by atoms with Crippen LogP contribution in [0.4, 0.5) is 0 Å². The van der Waals surface area contributed by atoms with Gasteiger partial charge in [-0.15, -0.1) is 0 Å². The van der Waals surface area contributed by atoms with Crippen molar-refractivity contribution in [2.45, 2.75) is 32.2 Å². The largest absolute Gasteiger partial charge is 0.370 e. The van der Waals surface area contributed by atoms with Gasteiger partial charge in [0, 0.05) is 30.6 Å². The van der Waals surface area contributed by atoms with Crippen LogP contribution >= 0.6 is 11.8 Å². The van der Waals surface area contributed by atoms with Gasteiger partial charge >= 0.3 is 0 Å². The minimum Gasteiger partial charge on any atom is -0.370 e. The summed E-state index contributed by atoms with van der Waals surface area (Å²) in [5, 5.41) is 0. The Balaban J connectivity index is 2.08. The Labute approximate surface area is 149 Å². The van der Waals surface area contributed by atoms with Gasteiger partial charge in [-0.25, -0.2) is 18.1 Å². The zero-order chi connectivity index (χ0) is 17.6. The topological polar surface area (TPSA) is 87.8 Å². The van der Waals surface area contributed by atoms with E-state index in [2.05, 4.69) is 14.6 Å². The van der Waals surface area contributed by atoms with Crippen LogP contribution in [0.15, 0.2) is 29.3 Å². The first-order valence-electron chi connectivity index (χ1n) is 8.07. The first-order chi connectivity index (χ1) is 11.4. The number of nitrogens with zero attached hydrogens (tertiary/aromatic N) is 2. The standard InChI is InChI=1S/C16H26N4O2S2/c1-13(2)19-24(21,22)12-15-6-4-3-5-14(15)11-18-16(17)20-7-9-23-10-8-20/h3-6,13,19H,7-12H2,1-2H3,(H2,17,18). The number of hydrogen-bond acceptors (Lipinski definition) is 4. The van der Waals surface area contributed by atoms with Gasteiger partial charge in [-0.3, -0.25) is 0 Å². The lowest BCUT2D eigenvalue weighted by atomic mass is 10.1. The molecule has 0 aliphatic carbocycles. The van der Waals surface area contributed by atoms with E-state index >= 15 is 0 Å². The highest BCUT2D eigenvalue weighted by molar-refractivity contribution is 7.99. The second-order valence-corrected chi connectivity index (χ2v) is 9.05. The molecule has 3 N–H and O–H groups in total. The lowest BCUT2D eigenvalue weighted by molar-refractivity contribution is 0.455. The van der Waals surface area contributed by atoms with Gasteiger partial charge in [0.15, 0.2) is 5.96 Å². The summed E-state index contributed by atoms with van der Waals surface area (Å²) in [5.74, 6) is 2.61. The molecule has 1 aliphatic rings. The zero-order valence-electron chi connectivity index (χ0n) is 14.2. The lowest BCUT2D eigenvalue weighted by Gasteiger charge is -2.27. The molecule has 134 valence electrons. The van der Waals surface area contributed by atoms with Gasteiger partial charge in [0.2, 0.25) is 10.0 Å². The van der Waals surface area contributed by atoms with Crippen molar-refractivity contribution in [1.82, 2.24) is 9.62 Å². The molecule has 0 saturated carbocycles. The third-order valence-corrected chi connectivity index (χ3v) is 6.09. The van der Waals surface area contributed by atoms with Crippen molar-refractivity contribution in [1.29, 1.82) is 0 Å². The van der Waals surface area contributed by atoms with Crippen molar-refractivity contribution in [2.75, 3.05) is 24.6 Å². The first kappa shape index (κ1) is 19.1. The molecule has 1 heterocycles. The van der Waals surface area contributed by atoms with Crippen LogP contribution in [0.25, 0.3) is 0 Å². The van der Waals surface area contributed by atoms with E-state index in [1.807, 2.05) is 49.9 Å². The lowest BCUT2D eigenvalue weighted by Crippen LogP contribution is -2.42. The number of sulfonamides is 1. The minimum atomic E-state index is -3.36. The summed E-state index contributed by atoms with van der Waals surface area (Å²) in [6.45, 7) is 5.84. The van der Waals surface area contributed by atoms with E-state index < -0.39 is 10.0 Å². The number of hydrogen-bond donors (Lipinski definition) is 2. The molecule has 0 atom stereocenters. The molecule has 0 bridgehead atoms.